The quantitative estimate of drug-likeness (QED) is 0.860. The van der Waals surface area contributed by atoms with E-state index in [1.54, 1.807) is 31.2 Å². The summed E-state index contributed by atoms with van der Waals surface area (Å²) in [6, 6.07) is 13.8. The highest BCUT2D eigenvalue weighted by Crippen LogP contribution is 2.21. The number of rotatable bonds is 6. The fourth-order valence-corrected chi connectivity index (χ4v) is 2.04. The molecular formula is C17H17NO4. The number of hydrogen-bond donors (Lipinski definition) is 2. The monoisotopic (exact) mass is 299 g/mol. The Hall–Kier alpha value is -2.82. The van der Waals surface area contributed by atoms with E-state index in [2.05, 4.69) is 5.32 Å². The van der Waals surface area contributed by atoms with E-state index >= 15 is 0 Å². The maximum atomic E-state index is 12.0. The molecule has 22 heavy (non-hydrogen) atoms. The molecule has 0 bridgehead atoms. The molecule has 0 aromatic heterocycles. The zero-order valence-electron chi connectivity index (χ0n) is 12.2. The van der Waals surface area contributed by atoms with Crippen LogP contribution in [0.2, 0.25) is 0 Å². The number of hydrogen-bond acceptors (Lipinski definition) is 3. The number of carboxylic acid groups (broad SMARTS) is 1. The summed E-state index contributed by atoms with van der Waals surface area (Å²) in [4.78, 5) is 23.1. The average molecular weight is 299 g/mol. The normalized spacial score (nSPS) is 10.0. The van der Waals surface area contributed by atoms with Crippen LogP contribution in [0.25, 0.3) is 0 Å². The molecule has 0 atom stereocenters. The van der Waals surface area contributed by atoms with Crippen molar-refractivity contribution < 1.29 is 19.4 Å². The van der Waals surface area contributed by atoms with Crippen LogP contribution in [0.4, 0.5) is 5.69 Å². The van der Waals surface area contributed by atoms with E-state index in [0.29, 0.717) is 12.2 Å². The smallest absolute Gasteiger partial charge is 0.339 e. The van der Waals surface area contributed by atoms with Crippen molar-refractivity contribution in [3.8, 4) is 5.75 Å². The van der Waals surface area contributed by atoms with Crippen LogP contribution in [0.15, 0.2) is 48.5 Å². The second kappa shape index (κ2) is 7.26. The van der Waals surface area contributed by atoms with Crippen molar-refractivity contribution in [2.45, 2.75) is 13.3 Å². The van der Waals surface area contributed by atoms with Gasteiger partial charge in [-0.15, -0.1) is 0 Å². The van der Waals surface area contributed by atoms with Gasteiger partial charge in [-0.2, -0.15) is 0 Å². The Bertz CT molecular complexity index is 668. The van der Waals surface area contributed by atoms with E-state index in [0.717, 1.165) is 5.69 Å². The first-order chi connectivity index (χ1) is 10.6. The van der Waals surface area contributed by atoms with Crippen LogP contribution in [0.1, 0.15) is 22.8 Å². The van der Waals surface area contributed by atoms with Gasteiger partial charge in [0.1, 0.15) is 11.3 Å². The number of aromatic carboxylic acids is 1. The summed E-state index contributed by atoms with van der Waals surface area (Å²) < 4.78 is 5.33. The first-order valence-electron chi connectivity index (χ1n) is 6.94. The number of nitrogens with one attached hydrogen (secondary N) is 1. The summed E-state index contributed by atoms with van der Waals surface area (Å²) in [5.74, 6) is -0.944. The van der Waals surface area contributed by atoms with Crippen molar-refractivity contribution in [2.75, 3.05) is 11.9 Å². The largest absolute Gasteiger partial charge is 0.493 e. The van der Waals surface area contributed by atoms with E-state index in [1.807, 2.05) is 18.2 Å². The fraction of sp³-hybridized carbons (Fsp3) is 0.176. The van der Waals surface area contributed by atoms with Crippen molar-refractivity contribution in [3.63, 3.8) is 0 Å². The molecule has 0 heterocycles. The molecule has 0 aliphatic rings. The SMILES string of the molecule is CCOc1cc(CC(=O)Nc2ccccc2)ccc1C(=O)O. The Morgan fingerprint density at radius 3 is 2.50 bits per heavy atom. The van der Waals surface area contributed by atoms with Crippen molar-refractivity contribution in [1.82, 2.24) is 0 Å². The van der Waals surface area contributed by atoms with Crippen LogP contribution in [-0.2, 0) is 11.2 Å². The van der Waals surface area contributed by atoms with Gasteiger partial charge in [-0.05, 0) is 36.8 Å². The van der Waals surface area contributed by atoms with E-state index in [4.69, 9.17) is 9.84 Å². The molecule has 2 rings (SSSR count). The Labute approximate surface area is 128 Å². The van der Waals surface area contributed by atoms with Gasteiger partial charge in [-0.3, -0.25) is 4.79 Å². The fourth-order valence-electron chi connectivity index (χ4n) is 2.04. The lowest BCUT2D eigenvalue weighted by molar-refractivity contribution is -0.115. The highest BCUT2D eigenvalue weighted by atomic mass is 16.5. The number of ether oxygens (including phenoxy) is 1. The first-order valence-corrected chi connectivity index (χ1v) is 6.94. The van der Waals surface area contributed by atoms with Crippen LogP contribution in [0, 0.1) is 0 Å². The summed E-state index contributed by atoms with van der Waals surface area (Å²) in [6.45, 7) is 2.14. The van der Waals surface area contributed by atoms with Gasteiger partial charge in [0.25, 0.3) is 0 Å². The van der Waals surface area contributed by atoms with Crippen molar-refractivity contribution in [3.05, 3.63) is 59.7 Å². The molecule has 1 amide bonds. The topological polar surface area (TPSA) is 75.6 Å². The minimum absolute atomic E-state index is 0.0917. The molecule has 0 aliphatic carbocycles. The maximum absolute atomic E-state index is 12.0. The number of amides is 1. The molecule has 0 spiro atoms. The summed E-state index contributed by atoms with van der Waals surface area (Å²) in [6.07, 6.45) is 0.148. The second-order valence-electron chi connectivity index (χ2n) is 4.66. The lowest BCUT2D eigenvalue weighted by atomic mass is 10.1. The Morgan fingerprint density at radius 1 is 1.14 bits per heavy atom. The van der Waals surface area contributed by atoms with E-state index in [-0.39, 0.29) is 23.6 Å². The standard InChI is InChI=1S/C17H17NO4/c1-2-22-15-10-12(8-9-14(15)17(20)21)11-16(19)18-13-6-4-3-5-7-13/h3-10H,2,11H2,1H3,(H,18,19)(H,20,21). The predicted molar refractivity (Wildman–Crippen MR) is 83.3 cm³/mol. The molecule has 0 aliphatic heterocycles. The third-order valence-corrected chi connectivity index (χ3v) is 3.00. The molecule has 0 saturated carbocycles. The van der Waals surface area contributed by atoms with Crippen LogP contribution in [0.3, 0.4) is 0 Å². The van der Waals surface area contributed by atoms with Crippen molar-refractivity contribution >= 4 is 17.6 Å². The third-order valence-electron chi connectivity index (χ3n) is 3.00. The van der Waals surface area contributed by atoms with Crippen molar-refractivity contribution in [1.29, 1.82) is 0 Å². The molecule has 114 valence electrons. The number of carboxylic acids is 1. The third kappa shape index (κ3) is 4.09. The van der Waals surface area contributed by atoms with E-state index in [1.165, 1.54) is 6.07 Å². The van der Waals surface area contributed by atoms with Crippen LogP contribution in [0.5, 0.6) is 5.75 Å². The van der Waals surface area contributed by atoms with Gasteiger partial charge in [0.05, 0.1) is 13.0 Å². The number of para-hydroxylation sites is 1. The Kier molecular flexibility index (Phi) is 5.14. The number of benzene rings is 2. The van der Waals surface area contributed by atoms with Crippen molar-refractivity contribution in [2.24, 2.45) is 0 Å². The summed E-state index contributed by atoms with van der Waals surface area (Å²) in [5.41, 5.74) is 1.51. The summed E-state index contributed by atoms with van der Waals surface area (Å²) in [5, 5.41) is 11.9. The van der Waals surface area contributed by atoms with Gasteiger partial charge in [0.2, 0.25) is 5.91 Å². The molecule has 5 heteroatoms. The zero-order chi connectivity index (χ0) is 15.9. The van der Waals surface area contributed by atoms with Crippen LogP contribution in [-0.4, -0.2) is 23.6 Å². The molecular weight excluding hydrogens is 282 g/mol. The van der Waals surface area contributed by atoms with Gasteiger partial charge in [0, 0.05) is 5.69 Å². The van der Waals surface area contributed by atoms with Gasteiger partial charge in [-0.1, -0.05) is 24.3 Å². The highest BCUT2D eigenvalue weighted by Gasteiger charge is 2.13. The molecule has 0 fully saturated rings. The summed E-state index contributed by atoms with van der Waals surface area (Å²) >= 11 is 0. The van der Waals surface area contributed by atoms with Crippen LogP contribution < -0.4 is 10.1 Å². The van der Waals surface area contributed by atoms with Gasteiger partial charge in [0.15, 0.2) is 0 Å². The number of carbonyl (C=O) groups is 2. The summed E-state index contributed by atoms with van der Waals surface area (Å²) in [7, 11) is 0. The molecule has 0 radical (unpaired) electrons. The minimum atomic E-state index is -1.05. The molecule has 2 aromatic carbocycles. The Balaban J connectivity index is 2.10. The maximum Gasteiger partial charge on any atom is 0.339 e. The minimum Gasteiger partial charge on any atom is -0.493 e. The zero-order valence-corrected chi connectivity index (χ0v) is 12.2. The Morgan fingerprint density at radius 2 is 1.86 bits per heavy atom. The first kappa shape index (κ1) is 15.6. The molecule has 2 aromatic rings. The second-order valence-corrected chi connectivity index (χ2v) is 4.66. The van der Waals surface area contributed by atoms with E-state index < -0.39 is 5.97 Å². The number of anilines is 1. The molecule has 0 unspecified atom stereocenters. The molecule has 2 N–H and O–H groups in total. The molecule has 0 saturated heterocycles. The van der Waals surface area contributed by atoms with Gasteiger partial charge < -0.3 is 15.2 Å². The molecule has 5 nitrogen and oxygen atoms in total. The number of carbonyl (C=O) groups excluding carboxylic acids is 1. The lowest BCUT2D eigenvalue weighted by Gasteiger charge is -2.10. The van der Waals surface area contributed by atoms with Gasteiger partial charge in [-0.25, -0.2) is 4.79 Å². The van der Waals surface area contributed by atoms with Gasteiger partial charge >= 0.3 is 5.97 Å². The average Bonchev–Trinajstić information content (AvgIpc) is 2.48. The van der Waals surface area contributed by atoms with E-state index in [9.17, 15) is 9.59 Å². The van der Waals surface area contributed by atoms with Crippen LogP contribution >= 0.6 is 0 Å². The lowest BCUT2D eigenvalue weighted by Crippen LogP contribution is -2.14. The highest BCUT2D eigenvalue weighted by molar-refractivity contribution is 5.93. The predicted octanol–water partition coefficient (Wildman–Crippen LogP) is 2.96.